The molecule has 0 saturated carbocycles. The molecular formula is C25H26N6O. The largest absolute Gasteiger partial charge is 0.383 e. The van der Waals surface area contributed by atoms with Gasteiger partial charge in [0.25, 0.3) is 5.91 Å². The van der Waals surface area contributed by atoms with Gasteiger partial charge in [-0.25, -0.2) is 4.98 Å². The predicted octanol–water partition coefficient (Wildman–Crippen LogP) is 3.42. The van der Waals surface area contributed by atoms with Crippen LogP contribution in [0.5, 0.6) is 0 Å². The van der Waals surface area contributed by atoms with E-state index in [4.69, 9.17) is 5.73 Å². The molecule has 1 aliphatic heterocycles. The number of benzene rings is 1. The summed E-state index contributed by atoms with van der Waals surface area (Å²) in [7, 11) is 4.07. The molecule has 0 aliphatic carbocycles. The zero-order chi connectivity index (χ0) is 22.8. The second kappa shape index (κ2) is 8.77. The molecular weight excluding hydrogens is 400 g/mol. The van der Waals surface area contributed by atoms with Crippen molar-refractivity contribution in [3.63, 3.8) is 0 Å². The molecule has 1 atom stereocenters. The number of rotatable bonds is 4. The fourth-order valence-electron chi connectivity index (χ4n) is 4.11. The van der Waals surface area contributed by atoms with Gasteiger partial charge in [0.1, 0.15) is 17.5 Å². The number of anilines is 1. The van der Waals surface area contributed by atoms with Crippen LogP contribution in [0.15, 0.2) is 48.8 Å². The Hall–Kier alpha value is -3.76. The Labute approximate surface area is 188 Å². The summed E-state index contributed by atoms with van der Waals surface area (Å²) < 4.78 is 0. The molecule has 1 aromatic carbocycles. The first kappa shape index (κ1) is 21.5. The van der Waals surface area contributed by atoms with Crippen LogP contribution in [0.1, 0.15) is 45.7 Å². The smallest absolute Gasteiger partial charge is 0.255 e. The maximum Gasteiger partial charge on any atom is 0.255 e. The molecule has 32 heavy (non-hydrogen) atoms. The van der Waals surface area contributed by atoms with E-state index in [1.165, 1.54) is 0 Å². The zero-order valence-corrected chi connectivity index (χ0v) is 18.5. The third-order valence-corrected chi connectivity index (χ3v) is 6.12. The normalized spacial score (nSPS) is 14.0. The standard InChI is InChI=1S/C25H26N6O/c1-16(30(2)3)17-6-4-7-18(12-17)23-20(13-26)24(27)29-22-9-11-31(15-21(22)23)25(32)19-8-5-10-28-14-19/h4-8,10,12,14,16H,9,11,15H2,1-3H3,(H2,27,29). The number of carbonyl (C=O) groups excluding carboxylic acids is 1. The Morgan fingerprint density at radius 1 is 1.28 bits per heavy atom. The SMILES string of the molecule is CC(c1cccc(-c2c(C#N)c(N)nc3c2CN(C(=O)c2cccnc2)CC3)c1)N(C)C. The lowest BCUT2D eigenvalue weighted by molar-refractivity contribution is 0.0733. The van der Waals surface area contributed by atoms with Gasteiger partial charge in [-0.1, -0.05) is 18.2 Å². The van der Waals surface area contributed by atoms with Gasteiger partial charge in [-0.05, 0) is 50.3 Å². The molecule has 0 radical (unpaired) electrons. The van der Waals surface area contributed by atoms with Gasteiger partial charge in [-0.15, -0.1) is 0 Å². The van der Waals surface area contributed by atoms with Crippen LogP contribution in [-0.4, -0.2) is 46.3 Å². The number of nitrogen functional groups attached to an aromatic ring is 1. The van der Waals surface area contributed by atoms with E-state index >= 15 is 0 Å². The van der Waals surface area contributed by atoms with Crippen LogP contribution in [0, 0.1) is 11.3 Å². The van der Waals surface area contributed by atoms with Gasteiger partial charge in [0.15, 0.2) is 0 Å². The van der Waals surface area contributed by atoms with Crippen molar-refractivity contribution in [2.75, 3.05) is 26.4 Å². The molecule has 3 aromatic rings. The predicted molar refractivity (Wildman–Crippen MR) is 124 cm³/mol. The summed E-state index contributed by atoms with van der Waals surface area (Å²) in [6, 6.07) is 14.1. The highest BCUT2D eigenvalue weighted by Crippen LogP contribution is 2.36. The van der Waals surface area contributed by atoms with Crippen molar-refractivity contribution in [3.8, 4) is 17.2 Å². The minimum atomic E-state index is -0.0833. The van der Waals surface area contributed by atoms with E-state index in [0.29, 0.717) is 30.6 Å². The maximum atomic E-state index is 13.1. The van der Waals surface area contributed by atoms with E-state index in [1.54, 1.807) is 29.4 Å². The van der Waals surface area contributed by atoms with E-state index in [0.717, 1.165) is 27.9 Å². The summed E-state index contributed by atoms with van der Waals surface area (Å²) in [4.78, 5) is 25.6. The number of pyridine rings is 2. The summed E-state index contributed by atoms with van der Waals surface area (Å²) in [5.74, 6) is 0.152. The van der Waals surface area contributed by atoms with E-state index in [2.05, 4.69) is 40.0 Å². The molecule has 0 bridgehead atoms. The first-order valence-corrected chi connectivity index (χ1v) is 10.6. The van der Waals surface area contributed by atoms with Gasteiger partial charge in [0.2, 0.25) is 0 Å². The number of fused-ring (bicyclic) bond motifs is 1. The molecule has 3 heterocycles. The number of nitriles is 1. The van der Waals surface area contributed by atoms with Crippen molar-refractivity contribution in [1.82, 2.24) is 19.8 Å². The summed E-state index contributed by atoms with van der Waals surface area (Å²) in [6.07, 6.45) is 3.80. The number of nitrogens with two attached hydrogens (primary N) is 1. The van der Waals surface area contributed by atoms with Crippen molar-refractivity contribution in [2.24, 2.45) is 0 Å². The van der Waals surface area contributed by atoms with Crippen LogP contribution in [0.3, 0.4) is 0 Å². The molecule has 1 amide bonds. The maximum absolute atomic E-state index is 13.1. The van der Waals surface area contributed by atoms with E-state index in [-0.39, 0.29) is 17.8 Å². The van der Waals surface area contributed by atoms with Crippen LogP contribution >= 0.6 is 0 Å². The minimum Gasteiger partial charge on any atom is -0.383 e. The van der Waals surface area contributed by atoms with Crippen LogP contribution in [-0.2, 0) is 13.0 Å². The quantitative estimate of drug-likeness (QED) is 0.686. The average molecular weight is 427 g/mol. The molecule has 162 valence electrons. The molecule has 2 N–H and O–H groups in total. The Bertz CT molecular complexity index is 1200. The Balaban J connectivity index is 1.81. The van der Waals surface area contributed by atoms with Gasteiger partial charge in [-0.2, -0.15) is 5.26 Å². The number of hydrogen-bond acceptors (Lipinski definition) is 6. The first-order chi connectivity index (χ1) is 15.4. The van der Waals surface area contributed by atoms with E-state index < -0.39 is 0 Å². The number of carbonyl (C=O) groups is 1. The lowest BCUT2D eigenvalue weighted by atomic mass is 9.89. The second-order valence-electron chi connectivity index (χ2n) is 8.27. The highest BCUT2D eigenvalue weighted by molar-refractivity contribution is 5.94. The van der Waals surface area contributed by atoms with Crippen molar-refractivity contribution >= 4 is 11.7 Å². The second-order valence-corrected chi connectivity index (χ2v) is 8.27. The molecule has 0 spiro atoms. The first-order valence-electron chi connectivity index (χ1n) is 10.6. The molecule has 4 rings (SSSR count). The summed E-state index contributed by atoms with van der Waals surface area (Å²) >= 11 is 0. The van der Waals surface area contributed by atoms with Gasteiger partial charge in [0.05, 0.1) is 11.3 Å². The third kappa shape index (κ3) is 3.93. The van der Waals surface area contributed by atoms with Gasteiger partial charge < -0.3 is 15.5 Å². The van der Waals surface area contributed by atoms with Crippen LogP contribution < -0.4 is 5.73 Å². The fourth-order valence-corrected chi connectivity index (χ4v) is 4.11. The highest BCUT2D eigenvalue weighted by Gasteiger charge is 2.28. The lowest BCUT2D eigenvalue weighted by Gasteiger charge is -2.31. The number of aromatic nitrogens is 2. The minimum absolute atomic E-state index is 0.0833. The number of nitrogens with zero attached hydrogens (tertiary/aromatic N) is 5. The molecule has 7 nitrogen and oxygen atoms in total. The topological polar surface area (TPSA) is 99.1 Å². The van der Waals surface area contributed by atoms with Crippen molar-refractivity contribution in [2.45, 2.75) is 25.9 Å². The third-order valence-electron chi connectivity index (χ3n) is 6.12. The van der Waals surface area contributed by atoms with Crippen molar-refractivity contribution in [3.05, 3.63) is 76.7 Å². The van der Waals surface area contributed by atoms with Crippen LogP contribution in [0.4, 0.5) is 5.82 Å². The van der Waals surface area contributed by atoms with E-state index in [1.807, 2.05) is 26.2 Å². The summed E-state index contributed by atoms with van der Waals surface area (Å²) in [6.45, 7) is 3.04. The van der Waals surface area contributed by atoms with Gasteiger partial charge in [-0.3, -0.25) is 9.78 Å². The van der Waals surface area contributed by atoms with Crippen molar-refractivity contribution in [1.29, 1.82) is 5.26 Å². The van der Waals surface area contributed by atoms with Crippen LogP contribution in [0.2, 0.25) is 0 Å². The fraction of sp³-hybridized carbons (Fsp3) is 0.280. The number of amides is 1. The zero-order valence-electron chi connectivity index (χ0n) is 18.5. The molecule has 2 aromatic heterocycles. The average Bonchev–Trinajstić information content (AvgIpc) is 2.82. The Morgan fingerprint density at radius 3 is 2.78 bits per heavy atom. The van der Waals surface area contributed by atoms with Gasteiger partial charge in [0, 0.05) is 49.1 Å². The monoisotopic (exact) mass is 426 g/mol. The van der Waals surface area contributed by atoms with Crippen LogP contribution in [0.25, 0.3) is 11.1 Å². The summed E-state index contributed by atoms with van der Waals surface area (Å²) in [5, 5.41) is 9.91. The summed E-state index contributed by atoms with van der Waals surface area (Å²) in [5.41, 5.74) is 11.6. The lowest BCUT2D eigenvalue weighted by Crippen LogP contribution is -2.37. The Kier molecular flexibility index (Phi) is 5.89. The van der Waals surface area contributed by atoms with E-state index in [9.17, 15) is 10.1 Å². The molecule has 0 fully saturated rings. The Morgan fingerprint density at radius 2 is 2.09 bits per heavy atom. The van der Waals surface area contributed by atoms with Crippen molar-refractivity contribution < 1.29 is 4.79 Å². The molecule has 1 aliphatic rings. The molecule has 1 unspecified atom stereocenters. The molecule has 7 heteroatoms. The highest BCUT2D eigenvalue weighted by atomic mass is 16.2. The van der Waals surface area contributed by atoms with Gasteiger partial charge >= 0.3 is 0 Å². The molecule has 0 saturated heterocycles. The number of hydrogen-bond donors (Lipinski definition) is 1.